The molecule has 0 aliphatic rings. The van der Waals surface area contributed by atoms with E-state index in [0.29, 0.717) is 22.3 Å². The summed E-state index contributed by atoms with van der Waals surface area (Å²) in [5.74, 6) is 1.24. The lowest BCUT2D eigenvalue weighted by atomic mass is 10.2. The van der Waals surface area contributed by atoms with Crippen LogP contribution in [0, 0.1) is 5.92 Å². The number of hydrogen-bond acceptors (Lipinski definition) is 3. The first-order chi connectivity index (χ1) is 6.61. The van der Waals surface area contributed by atoms with Gasteiger partial charge in [0.2, 0.25) is 0 Å². The van der Waals surface area contributed by atoms with Gasteiger partial charge in [0.05, 0.1) is 27.6 Å². The molecule has 0 spiro atoms. The zero-order valence-electron chi connectivity index (χ0n) is 8.56. The van der Waals surface area contributed by atoms with E-state index in [2.05, 4.69) is 18.8 Å². The third-order valence-corrected chi connectivity index (χ3v) is 3.40. The maximum atomic E-state index is 11.8. The van der Waals surface area contributed by atoms with Crippen molar-refractivity contribution in [1.29, 1.82) is 0 Å². The standard InChI is InChI=1S/C10H16N2OS/c1-8(2)4-6-14(13)10-3-5-12-7-9(10)11/h3,5,7-8H,4,6,11H2,1-2H3. The Labute approximate surface area is 87.2 Å². The Morgan fingerprint density at radius 2 is 2.29 bits per heavy atom. The maximum Gasteiger partial charge on any atom is 0.0664 e. The van der Waals surface area contributed by atoms with Crippen LogP contribution in [-0.2, 0) is 10.8 Å². The molecule has 1 aromatic rings. The third-order valence-electron chi connectivity index (χ3n) is 1.94. The van der Waals surface area contributed by atoms with Gasteiger partial charge in [0.15, 0.2) is 0 Å². The Hall–Kier alpha value is -0.900. The van der Waals surface area contributed by atoms with E-state index >= 15 is 0 Å². The van der Waals surface area contributed by atoms with Crippen LogP contribution in [0.3, 0.4) is 0 Å². The van der Waals surface area contributed by atoms with Crippen molar-refractivity contribution < 1.29 is 4.21 Å². The second kappa shape index (κ2) is 5.10. The molecular weight excluding hydrogens is 196 g/mol. The van der Waals surface area contributed by atoms with E-state index in [1.165, 1.54) is 0 Å². The summed E-state index contributed by atoms with van der Waals surface area (Å²) in [5.41, 5.74) is 6.20. The summed E-state index contributed by atoms with van der Waals surface area (Å²) in [4.78, 5) is 4.57. The molecule has 0 aromatic carbocycles. The van der Waals surface area contributed by atoms with Gasteiger partial charge >= 0.3 is 0 Å². The largest absolute Gasteiger partial charge is 0.396 e. The average Bonchev–Trinajstić information content (AvgIpc) is 2.15. The summed E-state index contributed by atoms with van der Waals surface area (Å²) in [7, 11) is -0.981. The highest BCUT2D eigenvalue weighted by molar-refractivity contribution is 7.85. The van der Waals surface area contributed by atoms with Gasteiger partial charge in [-0.2, -0.15) is 0 Å². The molecule has 0 saturated carbocycles. The molecule has 0 bridgehead atoms. The number of nitrogens with two attached hydrogens (primary N) is 1. The minimum atomic E-state index is -0.981. The number of hydrogen-bond donors (Lipinski definition) is 1. The van der Waals surface area contributed by atoms with Crippen LogP contribution in [0.2, 0.25) is 0 Å². The highest BCUT2D eigenvalue weighted by Gasteiger charge is 2.07. The van der Waals surface area contributed by atoms with Crippen molar-refractivity contribution in [2.24, 2.45) is 5.92 Å². The molecule has 1 aromatic heterocycles. The first kappa shape index (κ1) is 11.2. The molecule has 0 aliphatic carbocycles. The zero-order valence-corrected chi connectivity index (χ0v) is 9.38. The van der Waals surface area contributed by atoms with Crippen molar-refractivity contribution in [2.45, 2.75) is 25.2 Å². The van der Waals surface area contributed by atoms with Crippen LogP contribution in [0.5, 0.6) is 0 Å². The molecule has 0 radical (unpaired) electrons. The summed E-state index contributed by atoms with van der Waals surface area (Å²) < 4.78 is 11.8. The highest BCUT2D eigenvalue weighted by Crippen LogP contribution is 2.15. The average molecular weight is 212 g/mol. The molecule has 1 unspecified atom stereocenters. The molecular formula is C10H16N2OS. The van der Waals surface area contributed by atoms with Gasteiger partial charge in [0.1, 0.15) is 0 Å². The van der Waals surface area contributed by atoms with Crippen molar-refractivity contribution in [1.82, 2.24) is 4.98 Å². The molecule has 1 heterocycles. The summed E-state index contributed by atoms with van der Waals surface area (Å²) in [6.45, 7) is 4.24. The smallest absolute Gasteiger partial charge is 0.0664 e. The molecule has 2 N–H and O–H groups in total. The van der Waals surface area contributed by atoms with E-state index in [9.17, 15) is 4.21 Å². The van der Waals surface area contributed by atoms with Crippen molar-refractivity contribution in [3.05, 3.63) is 18.5 Å². The van der Waals surface area contributed by atoms with Crippen LogP contribution in [0.4, 0.5) is 5.69 Å². The number of anilines is 1. The molecule has 0 amide bonds. The fourth-order valence-corrected chi connectivity index (χ4v) is 2.49. The lowest BCUT2D eigenvalue weighted by molar-refractivity contribution is 0.619. The third kappa shape index (κ3) is 3.10. The second-order valence-corrected chi connectivity index (χ2v) is 5.18. The molecule has 78 valence electrons. The highest BCUT2D eigenvalue weighted by atomic mass is 32.2. The van der Waals surface area contributed by atoms with E-state index in [-0.39, 0.29) is 0 Å². The van der Waals surface area contributed by atoms with Gasteiger partial charge in [-0.05, 0) is 18.4 Å². The number of rotatable bonds is 4. The molecule has 0 fully saturated rings. The molecule has 3 nitrogen and oxygen atoms in total. The molecule has 0 aliphatic heterocycles. The zero-order chi connectivity index (χ0) is 10.6. The van der Waals surface area contributed by atoms with E-state index in [4.69, 9.17) is 5.73 Å². The van der Waals surface area contributed by atoms with Crippen molar-refractivity contribution in [2.75, 3.05) is 11.5 Å². The number of nitrogen functional groups attached to an aromatic ring is 1. The SMILES string of the molecule is CC(C)CCS(=O)c1ccncc1N. The Bertz CT molecular complexity index is 326. The minimum Gasteiger partial charge on any atom is -0.396 e. The van der Waals surface area contributed by atoms with E-state index in [1.54, 1.807) is 18.5 Å². The fourth-order valence-electron chi connectivity index (χ4n) is 1.05. The van der Waals surface area contributed by atoms with Crippen molar-refractivity contribution >= 4 is 16.5 Å². The lowest BCUT2D eigenvalue weighted by Gasteiger charge is -2.06. The van der Waals surface area contributed by atoms with Gasteiger partial charge in [0.25, 0.3) is 0 Å². The minimum absolute atomic E-state index is 0.523. The molecule has 1 atom stereocenters. The number of aromatic nitrogens is 1. The van der Waals surface area contributed by atoms with Crippen LogP contribution in [0.1, 0.15) is 20.3 Å². The normalized spacial score (nSPS) is 13.1. The van der Waals surface area contributed by atoms with Gasteiger partial charge in [-0.15, -0.1) is 0 Å². The lowest BCUT2D eigenvalue weighted by Crippen LogP contribution is -2.04. The Kier molecular flexibility index (Phi) is 4.07. The number of pyridine rings is 1. The van der Waals surface area contributed by atoms with E-state index in [1.807, 2.05) is 0 Å². The van der Waals surface area contributed by atoms with Crippen LogP contribution < -0.4 is 5.73 Å². The molecule has 0 saturated heterocycles. The first-order valence-electron chi connectivity index (χ1n) is 4.69. The van der Waals surface area contributed by atoms with Gasteiger partial charge < -0.3 is 5.73 Å². The predicted octanol–water partition coefficient (Wildman–Crippen LogP) is 1.82. The van der Waals surface area contributed by atoms with Crippen LogP contribution >= 0.6 is 0 Å². The van der Waals surface area contributed by atoms with E-state index in [0.717, 1.165) is 6.42 Å². The van der Waals surface area contributed by atoms with E-state index < -0.39 is 10.8 Å². The Morgan fingerprint density at radius 3 is 2.86 bits per heavy atom. The summed E-state index contributed by atoms with van der Waals surface area (Å²) in [6.07, 6.45) is 4.12. The Morgan fingerprint density at radius 1 is 1.57 bits per heavy atom. The van der Waals surface area contributed by atoms with Crippen LogP contribution in [0.25, 0.3) is 0 Å². The quantitative estimate of drug-likeness (QED) is 0.828. The molecule has 14 heavy (non-hydrogen) atoms. The van der Waals surface area contributed by atoms with Crippen molar-refractivity contribution in [3.8, 4) is 0 Å². The predicted molar refractivity (Wildman–Crippen MR) is 59.4 cm³/mol. The summed E-state index contributed by atoms with van der Waals surface area (Å²) in [6, 6.07) is 1.73. The fraction of sp³-hybridized carbons (Fsp3) is 0.500. The van der Waals surface area contributed by atoms with Crippen LogP contribution in [0.15, 0.2) is 23.4 Å². The monoisotopic (exact) mass is 212 g/mol. The van der Waals surface area contributed by atoms with Gasteiger partial charge in [-0.1, -0.05) is 13.8 Å². The maximum absolute atomic E-state index is 11.8. The van der Waals surface area contributed by atoms with Crippen LogP contribution in [-0.4, -0.2) is 14.9 Å². The summed E-state index contributed by atoms with van der Waals surface area (Å²) in [5, 5.41) is 0. The van der Waals surface area contributed by atoms with Gasteiger partial charge in [0, 0.05) is 11.9 Å². The Balaban J connectivity index is 2.65. The molecule has 1 rings (SSSR count). The number of nitrogens with zero attached hydrogens (tertiary/aromatic N) is 1. The first-order valence-corrected chi connectivity index (χ1v) is 6.01. The topological polar surface area (TPSA) is 56.0 Å². The van der Waals surface area contributed by atoms with Gasteiger partial charge in [-0.25, -0.2) is 0 Å². The molecule has 4 heteroatoms. The van der Waals surface area contributed by atoms with Crippen molar-refractivity contribution in [3.63, 3.8) is 0 Å². The van der Waals surface area contributed by atoms with Gasteiger partial charge in [-0.3, -0.25) is 9.19 Å². The second-order valence-electron chi connectivity index (χ2n) is 3.65. The summed E-state index contributed by atoms with van der Waals surface area (Å²) >= 11 is 0.